The van der Waals surface area contributed by atoms with Crippen LogP contribution < -0.4 is 0 Å². The zero-order valence-electron chi connectivity index (χ0n) is 14.2. The van der Waals surface area contributed by atoms with E-state index in [1.807, 2.05) is 0 Å². The Hall–Kier alpha value is -2.17. The summed E-state index contributed by atoms with van der Waals surface area (Å²) < 4.78 is 86.8. The average Bonchev–Trinajstić information content (AvgIpc) is 2.63. The zero-order chi connectivity index (χ0) is 22.7. The molecular weight excluding hydrogens is 486 g/mol. The highest BCUT2D eigenvalue weighted by atomic mass is 35.5. The summed E-state index contributed by atoms with van der Waals surface area (Å²) in [5, 5.41) is -1.19. The number of rotatable bonds is 1. The van der Waals surface area contributed by atoms with Gasteiger partial charge in [-0.25, -0.2) is 14.4 Å². The van der Waals surface area contributed by atoms with Crippen molar-refractivity contribution >= 4 is 34.8 Å². The molecular formula is C17H7Cl3F7N3. The lowest BCUT2D eigenvalue weighted by molar-refractivity contribution is -0.141. The minimum atomic E-state index is -4.66. The van der Waals surface area contributed by atoms with Gasteiger partial charge >= 0.3 is 12.4 Å². The standard InChI is InChI=1S/C11H5ClF4N2.C6H2Cl2F3N/c12-8-1-2-9(18-10(8)11(14,15)16)6-3-7(13)5-17-4-6;7-3-1-2-4(8)12-5(3)6(9,10)11/h1-5H;1-2H. The molecule has 0 saturated heterocycles. The minimum absolute atomic E-state index is 0.0428. The van der Waals surface area contributed by atoms with Gasteiger partial charge in [-0.2, -0.15) is 26.3 Å². The van der Waals surface area contributed by atoms with E-state index in [0.717, 1.165) is 24.4 Å². The summed E-state index contributed by atoms with van der Waals surface area (Å²) in [7, 11) is 0. The van der Waals surface area contributed by atoms with Crippen molar-refractivity contribution < 1.29 is 30.7 Å². The fourth-order valence-corrected chi connectivity index (χ4v) is 2.54. The van der Waals surface area contributed by atoms with E-state index in [4.69, 9.17) is 34.8 Å². The Kier molecular flexibility index (Phi) is 7.49. The Bertz CT molecular complexity index is 1040. The Balaban J connectivity index is 0.000000232. The van der Waals surface area contributed by atoms with Crippen molar-refractivity contribution in [3.8, 4) is 11.3 Å². The molecule has 3 rings (SSSR count). The third kappa shape index (κ3) is 6.41. The highest BCUT2D eigenvalue weighted by Gasteiger charge is 2.36. The van der Waals surface area contributed by atoms with E-state index in [-0.39, 0.29) is 16.4 Å². The molecule has 0 amide bonds. The Morgan fingerprint density at radius 3 is 1.73 bits per heavy atom. The third-order valence-electron chi connectivity index (χ3n) is 3.20. The van der Waals surface area contributed by atoms with Crippen molar-refractivity contribution in [2.24, 2.45) is 0 Å². The van der Waals surface area contributed by atoms with E-state index in [0.29, 0.717) is 0 Å². The highest BCUT2D eigenvalue weighted by Crippen LogP contribution is 2.35. The van der Waals surface area contributed by atoms with Crippen LogP contribution in [0, 0.1) is 5.82 Å². The van der Waals surface area contributed by atoms with Gasteiger partial charge in [0, 0.05) is 11.8 Å². The summed E-state index contributed by atoms with van der Waals surface area (Å²) in [6, 6.07) is 5.63. The van der Waals surface area contributed by atoms with Crippen molar-refractivity contribution in [1.29, 1.82) is 0 Å². The predicted octanol–water partition coefficient (Wildman–Crippen LogP) is 7.36. The van der Waals surface area contributed by atoms with Crippen molar-refractivity contribution in [3.05, 3.63) is 75.1 Å². The molecule has 3 nitrogen and oxygen atoms in total. The average molecular weight is 493 g/mol. The Morgan fingerprint density at radius 2 is 1.23 bits per heavy atom. The van der Waals surface area contributed by atoms with Crippen LogP contribution in [0.3, 0.4) is 0 Å². The van der Waals surface area contributed by atoms with Gasteiger partial charge < -0.3 is 0 Å². The highest BCUT2D eigenvalue weighted by molar-refractivity contribution is 6.32. The van der Waals surface area contributed by atoms with Gasteiger partial charge in [-0.3, -0.25) is 4.98 Å². The molecule has 0 spiro atoms. The van der Waals surface area contributed by atoms with Crippen LogP contribution in [-0.4, -0.2) is 15.0 Å². The van der Waals surface area contributed by atoms with Gasteiger partial charge in [-0.1, -0.05) is 34.8 Å². The number of alkyl halides is 6. The fraction of sp³-hybridized carbons (Fsp3) is 0.118. The molecule has 0 saturated carbocycles. The Labute approximate surface area is 179 Å². The largest absolute Gasteiger partial charge is 0.434 e. The molecule has 0 fully saturated rings. The molecule has 0 aliphatic rings. The van der Waals surface area contributed by atoms with Crippen molar-refractivity contribution in [3.63, 3.8) is 0 Å². The first-order valence-electron chi connectivity index (χ1n) is 7.53. The topological polar surface area (TPSA) is 38.7 Å². The summed E-state index contributed by atoms with van der Waals surface area (Å²) in [6.45, 7) is 0. The smallest absolute Gasteiger partial charge is 0.261 e. The summed E-state index contributed by atoms with van der Waals surface area (Å²) in [4.78, 5) is 9.99. The molecule has 0 aromatic carbocycles. The first kappa shape index (κ1) is 24.1. The molecule has 13 heteroatoms. The van der Waals surface area contributed by atoms with E-state index in [2.05, 4.69) is 15.0 Å². The maximum absolute atomic E-state index is 12.9. The van der Waals surface area contributed by atoms with Crippen LogP contribution in [-0.2, 0) is 12.4 Å². The summed E-state index contributed by atoms with van der Waals surface area (Å²) in [5.74, 6) is -0.655. The number of nitrogens with zero attached hydrogens (tertiary/aromatic N) is 3. The first-order chi connectivity index (χ1) is 13.8. The third-order valence-corrected chi connectivity index (χ3v) is 4.02. The quantitative estimate of drug-likeness (QED) is 0.263. The van der Waals surface area contributed by atoms with Gasteiger partial charge in [0.15, 0.2) is 11.4 Å². The molecule has 160 valence electrons. The number of halogens is 10. The molecule has 0 bridgehead atoms. The molecule has 3 aromatic rings. The zero-order valence-corrected chi connectivity index (χ0v) is 16.4. The maximum Gasteiger partial charge on any atom is 0.434 e. The second kappa shape index (κ2) is 9.32. The molecule has 0 aliphatic heterocycles. The molecule has 0 atom stereocenters. The predicted molar refractivity (Wildman–Crippen MR) is 96.7 cm³/mol. The first-order valence-corrected chi connectivity index (χ1v) is 8.66. The van der Waals surface area contributed by atoms with Crippen LogP contribution in [0.25, 0.3) is 11.3 Å². The van der Waals surface area contributed by atoms with Crippen molar-refractivity contribution in [2.75, 3.05) is 0 Å². The lowest BCUT2D eigenvalue weighted by Crippen LogP contribution is -2.09. The van der Waals surface area contributed by atoms with Crippen LogP contribution in [0.2, 0.25) is 15.2 Å². The maximum atomic E-state index is 12.9. The van der Waals surface area contributed by atoms with Crippen LogP contribution in [0.5, 0.6) is 0 Å². The second-order valence-corrected chi connectivity index (χ2v) is 6.58. The van der Waals surface area contributed by atoms with E-state index >= 15 is 0 Å². The summed E-state index contributed by atoms with van der Waals surface area (Å²) in [5.41, 5.74) is -2.25. The lowest BCUT2D eigenvalue weighted by Gasteiger charge is -2.09. The number of aromatic nitrogens is 3. The van der Waals surface area contributed by atoms with Crippen LogP contribution >= 0.6 is 34.8 Å². The van der Waals surface area contributed by atoms with E-state index in [9.17, 15) is 30.7 Å². The van der Waals surface area contributed by atoms with Crippen LogP contribution in [0.4, 0.5) is 30.7 Å². The SMILES string of the molecule is FC(F)(F)c1nc(Cl)ccc1Cl.Fc1cncc(-c2ccc(Cl)c(C(F)(F)F)n2)c1. The van der Waals surface area contributed by atoms with Gasteiger partial charge in [0.05, 0.1) is 21.9 Å². The van der Waals surface area contributed by atoms with E-state index in [1.165, 1.54) is 18.3 Å². The summed E-state index contributed by atoms with van der Waals surface area (Å²) >= 11 is 15.9. The molecule has 0 radical (unpaired) electrons. The summed E-state index contributed by atoms with van der Waals surface area (Å²) in [6.07, 6.45) is -7.04. The van der Waals surface area contributed by atoms with Gasteiger partial charge in [0.2, 0.25) is 0 Å². The minimum Gasteiger partial charge on any atom is -0.261 e. The van der Waals surface area contributed by atoms with Gasteiger partial charge in [-0.05, 0) is 30.3 Å². The van der Waals surface area contributed by atoms with Crippen LogP contribution in [0.1, 0.15) is 11.4 Å². The van der Waals surface area contributed by atoms with Gasteiger partial charge in [-0.15, -0.1) is 0 Å². The van der Waals surface area contributed by atoms with E-state index < -0.39 is 39.6 Å². The molecule has 3 aromatic heterocycles. The fourth-order valence-electron chi connectivity index (χ4n) is 1.97. The number of hydrogen-bond donors (Lipinski definition) is 0. The van der Waals surface area contributed by atoms with Crippen molar-refractivity contribution in [1.82, 2.24) is 15.0 Å². The van der Waals surface area contributed by atoms with Crippen LogP contribution in [0.15, 0.2) is 42.7 Å². The number of pyridine rings is 3. The lowest BCUT2D eigenvalue weighted by atomic mass is 10.2. The molecule has 0 aliphatic carbocycles. The van der Waals surface area contributed by atoms with Crippen molar-refractivity contribution in [2.45, 2.75) is 12.4 Å². The molecule has 0 unspecified atom stereocenters. The Morgan fingerprint density at radius 1 is 0.700 bits per heavy atom. The van der Waals surface area contributed by atoms with E-state index in [1.54, 1.807) is 0 Å². The molecule has 30 heavy (non-hydrogen) atoms. The number of hydrogen-bond acceptors (Lipinski definition) is 3. The monoisotopic (exact) mass is 491 g/mol. The van der Waals surface area contributed by atoms with Gasteiger partial charge in [0.1, 0.15) is 11.0 Å². The molecule has 0 N–H and O–H groups in total. The second-order valence-electron chi connectivity index (χ2n) is 5.38. The van der Waals surface area contributed by atoms with Gasteiger partial charge in [0.25, 0.3) is 0 Å². The normalized spacial score (nSPS) is 11.7. The molecule has 3 heterocycles.